The van der Waals surface area contributed by atoms with E-state index in [1.165, 1.54) is 0 Å². The van der Waals surface area contributed by atoms with Gasteiger partial charge in [0.15, 0.2) is 0 Å². The second-order valence-electron chi connectivity index (χ2n) is 4.52. The van der Waals surface area contributed by atoms with Gasteiger partial charge in [-0.15, -0.1) is 0 Å². The van der Waals surface area contributed by atoms with Crippen LogP contribution in [0.15, 0.2) is 0 Å². The smallest absolute Gasteiger partial charge is 0.239 e. The summed E-state index contributed by atoms with van der Waals surface area (Å²) in [4.78, 5) is 11.2. The summed E-state index contributed by atoms with van der Waals surface area (Å²) < 4.78 is 10.8. The standard InChI is InChI=1S/C11H22N2O3/c1-11(13-2,10(12)14)8-16-7-9-3-5-15-6-4-9/h9,13H,3-8H2,1-2H3,(H2,12,14). The van der Waals surface area contributed by atoms with E-state index in [9.17, 15) is 4.79 Å². The predicted octanol–water partition coefficient (Wildman–Crippen LogP) is -0.107. The number of carbonyl (C=O) groups excluding carboxylic acids is 1. The summed E-state index contributed by atoms with van der Waals surface area (Å²) in [5.74, 6) is 0.157. The molecule has 0 aromatic heterocycles. The van der Waals surface area contributed by atoms with Gasteiger partial charge in [0.25, 0.3) is 0 Å². The van der Waals surface area contributed by atoms with Crippen molar-refractivity contribution >= 4 is 5.91 Å². The Labute approximate surface area is 96.7 Å². The van der Waals surface area contributed by atoms with Crippen molar-refractivity contribution in [3.8, 4) is 0 Å². The number of likely N-dealkylation sites (N-methyl/N-ethyl adjacent to an activating group) is 1. The third kappa shape index (κ3) is 3.73. The highest BCUT2D eigenvalue weighted by Crippen LogP contribution is 2.15. The maximum absolute atomic E-state index is 11.2. The highest BCUT2D eigenvalue weighted by Gasteiger charge is 2.29. The molecule has 0 aliphatic carbocycles. The quantitative estimate of drug-likeness (QED) is 0.668. The van der Waals surface area contributed by atoms with Crippen LogP contribution in [-0.4, -0.2) is 44.9 Å². The van der Waals surface area contributed by atoms with Crippen molar-refractivity contribution in [3.63, 3.8) is 0 Å². The summed E-state index contributed by atoms with van der Waals surface area (Å²) in [7, 11) is 1.71. The van der Waals surface area contributed by atoms with E-state index in [1.807, 2.05) is 0 Å². The van der Waals surface area contributed by atoms with E-state index in [-0.39, 0.29) is 5.91 Å². The SMILES string of the molecule is CNC(C)(COCC1CCOCC1)C(N)=O. The molecule has 0 radical (unpaired) electrons. The number of hydrogen-bond donors (Lipinski definition) is 2. The minimum absolute atomic E-state index is 0.316. The highest BCUT2D eigenvalue weighted by atomic mass is 16.5. The minimum Gasteiger partial charge on any atom is -0.381 e. The lowest BCUT2D eigenvalue weighted by Gasteiger charge is -2.27. The van der Waals surface area contributed by atoms with Crippen molar-refractivity contribution in [1.82, 2.24) is 5.32 Å². The maximum Gasteiger partial charge on any atom is 0.239 e. The molecule has 1 saturated heterocycles. The Bertz CT molecular complexity index is 229. The van der Waals surface area contributed by atoms with Crippen LogP contribution in [0.25, 0.3) is 0 Å². The van der Waals surface area contributed by atoms with Crippen molar-refractivity contribution in [2.45, 2.75) is 25.3 Å². The molecule has 0 aromatic rings. The molecule has 1 fully saturated rings. The lowest BCUT2D eigenvalue weighted by molar-refractivity contribution is -0.126. The summed E-state index contributed by atoms with van der Waals surface area (Å²) in [5.41, 5.74) is 4.53. The van der Waals surface area contributed by atoms with E-state index in [2.05, 4.69) is 5.32 Å². The second kappa shape index (κ2) is 6.18. The zero-order valence-electron chi connectivity index (χ0n) is 10.1. The first kappa shape index (κ1) is 13.4. The van der Waals surface area contributed by atoms with Gasteiger partial charge in [-0.1, -0.05) is 0 Å². The Morgan fingerprint density at radius 3 is 2.69 bits per heavy atom. The predicted molar refractivity (Wildman–Crippen MR) is 61.0 cm³/mol. The number of carbonyl (C=O) groups is 1. The molecule has 0 spiro atoms. The van der Waals surface area contributed by atoms with Gasteiger partial charge in [-0.2, -0.15) is 0 Å². The van der Waals surface area contributed by atoms with Crippen LogP contribution < -0.4 is 11.1 Å². The summed E-state index contributed by atoms with van der Waals surface area (Å²) in [6.45, 7) is 4.36. The van der Waals surface area contributed by atoms with Crippen LogP contribution in [-0.2, 0) is 14.3 Å². The summed E-state index contributed by atoms with van der Waals surface area (Å²) >= 11 is 0. The molecule has 16 heavy (non-hydrogen) atoms. The number of nitrogens with two attached hydrogens (primary N) is 1. The highest BCUT2D eigenvalue weighted by molar-refractivity contribution is 5.84. The number of hydrogen-bond acceptors (Lipinski definition) is 4. The fraction of sp³-hybridized carbons (Fsp3) is 0.909. The van der Waals surface area contributed by atoms with Crippen molar-refractivity contribution in [3.05, 3.63) is 0 Å². The van der Waals surface area contributed by atoms with Crippen LogP contribution in [0.1, 0.15) is 19.8 Å². The Balaban J connectivity index is 2.25. The van der Waals surface area contributed by atoms with Gasteiger partial charge in [-0.05, 0) is 32.7 Å². The van der Waals surface area contributed by atoms with Crippen molar-refractivity contribution in [2.75, 3.05) is 33.5 Å². The first-order valence-corrected chi connectivity index (χ1v) is 5.73. The zero-order chi connectivity index (χ0) is 12.0. The Hall–Kier alpha value is -0.650. The molecular weight excluding hydrogens is 208 g/mol. The molecule has 0 saturated carbocycles. The van der Waals surface area contributed by atoms with Crippen LogP contribution in [0.4, 0.5) is 0 Å². The van der Waals surface area contributed by atoms with Crippen LogP contribution >= 0.6 is 0 Å². The lowest BCUT2D eigenvalue weighted by atomic mass is 10.0. The first-order chi connectivity index (χ1) is 7.58. The van der Waals surface area contributed by atoms with Crippen molar-refractivity contribution in [2.24, 2.45) is 11.7 Å². The van der Waals surface area contributed by atoms with Gasteiger partial charge in [-0.25, -0.2) is 0 Å². The molecule has 0 aromatic carbocycles. The van der Waals surface area contributed by atoms with Gasteiger partial charge in [-0.3, -0.25) is 4.79 Å². The molecule has 1 unspecified atom stereocenters. The van der Waals surface area contributed by atoms with Crippen molar-refractivity contribution in [1.29, 1.82) is 0 Å². The molecule has 3 N–H and O–H groups in total. The summed E-state index contributed by atoms with van der Waals surface area (Å²) in [5, 5.41) is 2.89. The largest absolute Gasteiger partial charge is 0.381 e. The molecule has 1 amide bonds. The molecule has 1 aliphatic rings. The third-order valence-corrected chi connectivity index (χ3v) is 3.18. The van der Waals surface area contributed by atoms with E-state index >= 15 is 0 Å². The molecule has 5 nitrogen and oxygen atoms in total. The maximum atomic E-state index is 11.2. The molecule has 0 bridgehead atoms. The van der Waals surface area contributed by atoms with Gasteiger partial charge in [0.05, 0.1) is 6.61 Å². The molecule has 5 heteroatoms. The minimum atomic E-state index is -0.773. The summed E-state index contributed by atoms with van der Waals surface area (Å²) in [6.07, 6.45) is 2.07. The van der Waals surface area contributed by atoms with Crippen LogP contribution in [0.2, 0.25) is 0 Å². The van der Waals surface area contributed by atoms with Gasteiger partial charge < -0.3 is 20.5 Å². The fourth-order valence-corrected chi connectivity index (χ4v) is 1.61. The normalized spacial score (nSPS) is 21.6. The molecule has 1 atom stereocenters. The number of rotatable bonds is 6. The zero-order valence-corrected chi connectivity index (χ0v) is 10.1. The second-order valence-corrected chi connectivity index (χ2v) is 4.52. The Morgan fingerprint density at radius 2 is 2.19 bits per heavy atom. The van der Waals surface area contributed by atoms with Gasteiger partial charge in [0.1, 0.15) is 5.54 Å². The third-order valence-electron chi connectivity index (χ3n) is 3.18. The lowest BCUT2D eigenvalue weighted by Crippen LogP contribution is -2.55. The average Bonchev–Trinajstić information content (AvgIpc) is 2.30. The monoisotopic (exact) mass is 230 g/mol. The van der Waals surface area contributed by atoms with Crippen LogP contribution in [0.5, 0.6) is 0 Å². The van der Waals surface area contributed by atoms with Gasteiger partial charge in [0.2, 0.25) is 5.91 Å². The number of nitrogens with one attached hydrogen (secondary N) is 1. The van der Waals surface area contributed by atoms with E-state index in [4.69, 9.17) is 15.2 Å². The van der Waals surface area contributed by atoms with E-state index < -0.39 is 5.54 Å². The molecular formula is C11H22N2O3. The van der Waals surface area contributed by atoms with E-state index in [0.717, 1.165) is 26.1 Å². The molecule has 94 valence electrons. The Morgan fingerprint density at radius 1 is 1.56 bits per heavy atom. The van der Waals surface area contributed by atoms with Gasteiger partial charge in [0, 0.05) is 19.8 Å². The average molecular weight is 230 g/mol. The number of ether oxygens (including phenoxy) is 2. The number of amides is 1. The molecule has 1 aliphatic heterocycles. The summed E-state index contributed by atoms with van der Waals surface area (Å²) in [6, 6.07) is 0. The van der Waals surface area contributed by atoms with Gasteiger partial charge >= 0.3 is 0 Å². The molecule has 1 rings (SSSR count). The van der Waals surface area contributed by atoms with Crippen LogP contribution in [0.3, 0.4) is 0 Å². The Kier molecular flexibility index (Phi) is 5.18. The first-order valence-electron chi connectivity index (χ1n) is 5.73. The fourth-order valence-electron chi connectivity index (χ4n) is 1.61. The molecule has 1 heterocycles. The topological polar surface area (TPSA) is 73.6 Å². The van der Waals surface area contributed by atoms with E-state index in [1.54, 1.807) is 14.0 Å². The van der Waals surface area contributed by atoms with E-state index in [0.29, 0.717) is 19.1 Å². The van der Waals surface area contributed by atoms with Crippen LogP contribution in [0, 0.1) is 5.92 Å². The van der Waals surface area contributed by atoms with Crippen molar-refractivity contribution < 1.29 is 14.3 Å². The number of primary amides is 1.